The Hall–Kier alpha value is -1.71. The van der Waals surface area contributed by atoms with Crippen LogP contribution in [0.15, 0.2) is 29.3 Å². The zero-order valence-electron chi connectivity index (χ0n) is 8.14. The number of aromatic nitrogens is 3. The van der Waals surface area contributed by atoms with Gasteiger partial charge in [-0.15, -0.1) is 0 Å². The van der Waals surface area contributed by atoms with Gasteiger partial charge < -0.3 is 0 Å². The number of hydrogen-bond donors (Lipinski definition) is 0. The summed E-state index contributed by atoms with van der Waals surface area (Å²) in [6.45, 7) is 4.07. The van der Waals surface area contributed by atoms with Crippen LogP contribution < -0.4 is 5.69 Å². The maximum absolute atomic E-state index is 11.5. The predicted octanol–water partition coefficient (Wildman–Crippen LogP) is 1.21. The highest BCUT2D eigenvalue weighted by atomic mass is 16.1. The van der Waals surface area contributed by atoms with Crippen molar-refractivity contribution in [3.05, 3.63) is 40.7 Å². The first-order chi connectivity index (χ1) is 6.70. The summed E-state index contributed by atoms with van der Waals surface area (Å²) in [5, 5.41) is 0. The Bertz CT molecular complexity index is 511. The molecule has 72 valence electrons. The first kappa shape index (κ1) is 8.87. The minimum Gasteiger partial charge on any atom is -0.248 e. The van der Waals surface area contributed by atoms with Crippen LogP contribution in [0.1, 0.15) is 25.5 Å². The smallest absolute Gasteiger partial charge is 0.248 e. The van der Waals surface area contributed by atoms with E-state index in [4.69, 9.17) is 0 Å². The second-order valence-electron chi connectivity index (χ2n) is 3.45. The maximum atomic E-state index is 11.5. The summed E-state index contributed by atoms with van der Waals surface area (Å²) in [4.78, 5) is 19.3. The van der Waals surface area contributed by atoms with Gasteiger partial charge in [-0.05, 0) is 18.1 Å². The van der Waals surface area contributed by atoms with Crippen molar-refractivity contribution in [2.45, 2.75) is 19.8 Å². The molecule has 4 heteroatoms. The third-order valence-corrected chi connectivity index (χ3v) is 2.13. The van der Waals surface area contributed by atoms with Crippen molar-refractivity contribution in [3.8, 4) is 0 Å². The second kappa shape index (κ2) is 3.21. The van der Waals surface area contributed by atoms with Crippen LogP contribution in [0.5, 0.6) is 0 Å². The Morgan fingerprint density at radius 2 is 1.93 bits per heavy atom. The van der Waals surface area contributed by atoms with E-state index >= 15 is 0 Å². The van der Waals surface area contributed by atoms with Crippen LogP contribution >= 0.6 is 0 Å². The summed E-state index contributed by atoms with van der Waals surface area (Å²) in [6.07, 6.45) is 3.19. The highest BCUT2D eigenvalue weighted by Crippen LogP contribution is 2.12. The lowest BCUT2D eigenvalue weighted by Gasteiger charge is -2.09. The fraction of sp³-hybridized carbons (Fsp3) is 0.300. The van der Waals surface area contributed by atoms with Crippen molar-refractivity contribution in [1.29, 1.82) is 0 Å². The lowest BCUT2D eigenvalue weighted by atomic mass is 10.1. The Kier molecular flexibility index (Phi) is 2.04. The molecule has 0 saturated carbocycles. The van der Waals surface area contributed by atoms with Crippen molar-refractivity contribution in [2.24, 2.45) is 0 Å². The van der Waals surface area contributed by atoms with Gasteiger partial charge in [0.2, 0.25) is 0 Å². The molecule has 4 nitrogen and oxygen atoms in total. The van der Waals surface area contributed by atoms with Gasteiger partial charge >= 0.3 is 5.69 Å². The van der Waals surface area contributed by atoms with Crippen LogP contribution in [0, 0.1) is 0 Å². The van der Waals surface area contributed by atoms with Crippen molar-refractivity contribution in [1.82, 2.24) is 14.4 Å². The SMILES string of the molecule is CC(C)c1ccnc2ccnc(=O)n12. The maximum Gasteiger partial charge on any atom is 0.353 e. The molecule has 0 aliphatic heterocycles. The van der Waals surface area contributed by atoms with Crippen molar-refractivity contribution in [2.75, 3.05) is 0 Å². The molecular weight excluding hydrogens is 178 g/mol. The first-order valence-electron chi connectivity index (χ1n) is 4.53. The van der Waals surface area contributed by atoms with Gasteiger partial charge in [-0.3, -0.25) is 0 Å². The Labute approximate surface area is 81.3 Å². The van der Waals surface area contributed by atoms with Crippen molar-refractivity contribution < 1.29 is 0 Å². The molecule has 0 aromatic carbocycles. The molecule has 0 bridgehead atoms. The van der Waals surface area contributed by atoms with Gasteiger partial charge in [0.15, 0.2) is 0 Å². The van der Waals surface area contributed by atoms with Gasteiger partial charge in [0.1, 0.15) is 5.65 Å². The highest BCUT2D eigenvalue weighted by molar-refractivity contribution is 5.37. The van der Waals surface area contributed by atoms with Crippen molar-refractivity contribution >= 4 is 5.65 Å². The zero-order chi connectivity index (χ0) is 10.1. The summed E-state index contributed by atoms with van der Waals surface area (Å²) in [7, 11) is 0. The van der Waals surface area contributed by atoms with E-state index in [9.17, 15) is 4.79 Å². The van der Waals surface area contributed by atoms with Gasteiger partial charge in [0.05, 0.1) is 0 Å². The van der Waals surface area contributed by atoms with Crippen LogP contribution in [0.25, 0.3) is 5.65 Å². The molecule has 2 heterocycles. The van der Waals surface area contributed by atoms with Crippen LogP contribution in [0.4, 0.5) is 0 Å². The third-order valence-electron chi connectivity index (χ3n) is 2.13. The fourth-order valence-corrected chi connectivity index (χ4v) is 1.46. The molecule has 0 aliphatic rings. The molecule has 0 spiro atoms. The van der Waals surface area contributed by atoms with E-state index in [1.807, 2.05) is 19.9 Å². The van der Waals surface area contributed by atoms with Gasteiger partial charge in [0, 0.05) is 18.1 Å². The number of nitrogens with zero attached hydrogens (tertiary/aromatic N) is 3. The molecule has 0 amide bonds. The van der Waals surface area contributed by atoms with Crippen molar-refractivity contribution in [3.63, 3.8) is 0 Å². The molecule has 2 aromatic rings. The number of hydrogen-bond acceptors (Lipinski definition) is 3. The Morgan fingerprint density at radius 3 is 2.64 bits per heavy atom. The Balaban J connectivity index is 2.91. The van der Waals surface area contributed by atoms with E-state index in [-0.39, 0.29) is 11.6 Å². The molecule has 0 radical (unpaired) electrons. The third kappa shape index (κ3) is 1.28. The summed E-state index contributed by atoms with van der Waals surface area (Å²) in [5.74, 6) is 0.280. The topological polar surface area (TPSA) is 47.3 Å². The second-order valence-corrected chi connectivity index (χ2v) is 3.45. The van der Waals surface area contributed by atoms with E-state index in [1.54, 1.807) is 16.7 Å². The molecular formula is C10H11N3O. The lowest BCUT2D eigenvalue weighted by molar-refractivity contribution is 0.768. The molecule has 2 rings (SSSR count). The van der Waals surface area contributed by atoms with E-state index in [1.165, 1.54) is 6.20 Å². The van der Waals surface area contributed by atoms with Crippen LogP contribution in [-0.4, -0.2) is 14.4 Å². The van der Waals surface area contributed by atoms with E-state index < -0.39 is 0 Å². The van der Waals surface area contributed by atoms with Gasteiger partial charge in [-0.1, -0.05) is 13.8 Å². The standard InChI is InChI=1S/C10H11N3O/c1-7(2)8-3-5-11-9-4-6-12-10(14)13(8)9/h3-7H,1-2H3. The van der Waals surface area contributed by atoms with Gasteiger partial charge in [-0.25, -0.2) is 19.2 Å². The molecule has 0 fully saturated rings. The monoisotopic (exact) mass is 189 g/mol. The van der Waals surface area contributed by atoms with E-state index in [0.717, 1.165) is 5.69 Å². The molecule has 0 saturated heterocycles. The average Bonchev–Trinajstić information content (AvgIpc) is 2.17. The summed E-state index contributed by atoms with van der Waals surface area (Å²) in [5.41, 5.74) is 1.32. The molecule has 0 aliphatic carbocycles. The van der Waals surface area contributed by atoms with Crippen LogP contribution in [-0.2, 0) is 0 Å². The average molecular weight is 189 g/mol. The number of rotatable bonds is 1. The quantitative estimate of drug-likeness (QED) is 0.677. The molecule has 0 unspecified atom stereocenters. The molecule has 14 heavy (non-hydrogen) atoms. The van der Waals surface area contributed by atoms with Gasteiger partial charge in [-0.2, -0.15) is 0 Å². The summed E-state index contributed by atoms with van der Waals surface area (Å²) >= 11 is 0. The number of fused-ring (bicyclic) bond motifs is 1. The fourth-order valence-electron chi connectivity index (χ4n) is 1.46. The largest absolute Gasteiger partial charge is 0.353 e. The Morgan fingerprint density at radius 1 is 1.21 bits per heavy atom. The lowest BCUT2D eigenvalue weighted by Crippen LogP contribution is -2.20. The normalized spacial score (nSPS) is 11.1. The molecule has 2 aromatic heterocycles. The van der Waals surface area contributed by atoms with Gasteiger partial charge in [0.25, 0.3) is 0 Å². The summed E-state index contributed by atoms with van der Waals surface area (Å²) < 4.78 is 1.55. The van der Waals surface area contributed by atoms with Crippen LogP contribution in [0.3, 0.4) is 0 Å². The van der Waals surface area contributed by atoms with Crippen LogP contribution in [0.2, 0.25) is 0 Å². The first-order valence-corrected chi connectivity index (χ1v) is 4.53. The van der Waals surface area contributed by atoms with E-state index in [0.29, 0.717) is 5.65 Å². The molecule has 0 atom stereocenters. The minimum atomic E-state index is -0.265. The molecule has 0 N–H and O–H groups in total. The minimum absolute atomic E-state index is 0.265. The zero-order valence-corrected chi connectivity index (χ0v) is 8.14. The highest BCUT2D eigenvalue weighted by Gasteiger charge is 2.06. The summed E-state index contributed by atoms with van der Waals surface area (Å²) in [6, 6.07) is 3.58. The van der Waals surface area contributed by atoms with E-state index in [2.05, 4.69) is 9.97 Å². The predicted molar refractivity (Wildman–Crippen MR) is 53.3 cm³/mol.